The highest BCUT2D eigenvalue weighted by Crippen LogP contribution is 2.41. The molecule has 4 heteroatoms. The molecule has 0 saturated carbocycles. The zero-order valence-electron chi connectivity index (χ0n) is 40.6. The molecule has 48 heavy (non-hydrogen) atoms. The maximum absolute atomic E-state index is 10.1. The first kappa shape index (κ1) is 15.4. The summed E-state index contributed by atoms with van der Waals surface area (Å²) in [4.78, 5) is 9.70. The Morgan fingerprint density at radius 1 is 0.521 bits per heavy atom. The highest BCUT2D eigenvalue weighted by Gasteiger charge is 2.21. The van der Waals surface area contributed by atoms with Gasteiger partial charge in [0.15, 0.2) is 11.4 Å². The SMILES string of the molecule is [2H]c1c([2H])c([2H])c2c(oc3c(-n4c5c([2H])c([2H])c([2H])c([2H])c5c5c([2H])c6c([2H])c([2H])c([2H])c([2H])c6c([2H])c54)c([2H])c(-c4cc(-c5ccccc5)nc(-c5ccccc5)n4)c([2H])c32)c1[2H]. The zero-order valence-corrected chi connectivity index (χ0v) is 24.6. The van der Waals surface area contributed by atoms with Crippen LogP contribution in [-0.2, 0) is 0 Å². The molecule has 10 rings (SSSR count). The van der Waals surface area contributed by atoms with E-state index in [1.54, 1.807) is 60.7 Å². The molecule has 0 atom stereocenters. The molecule has 0 aliphatic rings. The quantitative estimate of drug-likeness (QED) is 0.195. The van der Waals surface area contributed by atoms with E-state index in [1.807, 2.05) is 6.07 Å². The predicted octanol–water partition coefficient (Wildman–Crippen LogP) is 11.6. The molecule has 4 nitrogen and oxygen atoms in total. The lowest BCUT2D eigenvalue weighted by Gasteiger charge is -2.13. The Bertz CT molecular complexity index is 3680. The zero-order chi connectivity index (χ0) is 45.5. The lowest BCUT2D eigenvalue weighted by molar-refractivity contribution is 0.666. The Hall–Kier alpha value is -6.52. The summed E-state index contributed by atoms with van der Waals surface area (Å²) < 4.78 is 152. The minimum Gasteiger partial charge on any atom is -0.454 e. The number of benzene rings is 7. The number of furan rings is 1. The summed E-state index contributed by atoms with van der Waals surface area (Å²) in [5, 5.41) is -1.91. The average Bonchev–Trinajstić information content (AvgIpc) is 3.88. The summed E-state index contributed by atoms with van der Waals surface area (Å²) in [5.41, 5.74) is -0.627. The maximum atomic E-state index is 10.1. The number of aromatic nitrogens is 3. The van der Waals surface area contributed by atoms with Crippen molar-refractivity contribution in [3.8, 4) is 39.6 Å². The van der Waals surface area contributed by atoms with E-state index < -0.39 is 119 Å². The Morgan fingerprint density at radius 3 is 1.96 bits per heavy atom. The normalized spacial score (nSPS) is 16.4. The van der Waals surface area contributed by atoms with Gasteiger partial charge < -0.3 is 8.98 Å². The largest absolute Gasteiger partial charge is 0.454 e. The molecule has 0 bridgehead atoms. The Balaban J connectivity index is 1.51. The van der Waals surface area contributed by atoms with E-state index in [-0.39, 0.29) is 55.0 Å². The number of hydrogen-bond donors (Lipinski definition) is 0. The summed E-state index contributed by atoms with van der Waals surface area (Å²) in [6.45, 7) is 0. The van der Waals surface area contributed by atoms with Crippen LogP contribution in [0.2, 0.25) is 0 Å². The summed E-state index contributed by atoms with van der Waals surface area (Å²) >= 11 is 0. The van der Waals surface area contributed by atoms with Crippen LogP contribution in [0.4, 0.5) is 0 Å². The van der Waals surface area contributed by atoms with Gasteiger partial charge in [-0.15, -0.1) is 0 Å². The fourth-order valence-electron chi connectivity index (χ4n) is 5.98. The molecule has 0 fully saturated rings. The second kappa shape index (κ2) is 10.5. The van der Waals surface area contributed by atoms with Gasteiger partial charge in [0.05, 0.1) is 50.0 Å². The summed E-state index contributed by atoms with van der Waals surface area (Å²) in [6.07, 6.45) is 0. The average molecular weight is 630 g/mol. The van der Waals surface area contributed by atoms with Gasteiger partial charge in [-0.25, -0.2) is 9.97 Å². The number of fused-ring (bicyclic) bond motifs is 7. The minimum atomic E-state index is -0.742. The third-order valence-corrected chi connectivity index (χ3v) is 8.13. The van der Waals surface area contributed by atoms with Crippen molar-refractivity contribution in [2.24, 2.45) is 0 Å². The van der Waals surface area contributed by atoms with Crippen molar-refractivity contribution in [2.75, 3.05) is 0 Å². The van der Waals surface area contributed by atoms with Gasteiger partial charge in [0, 0.05) is 38.2 Å². The first-order valence-corrected chi connectivity index (χ1v) is 14.9. The van der Waals surface area contributed by atoms with Crippen LogP contribution in [0.15, 0.2) is 168 Å². The molecule has 0 spiro atoms. The minimum absolute atomic E-state index is 0.00412. The molecule has 0 aliphatic heterocycles. The summed E-state index contributed by atoms with van der Waals surface area (Å²) in [5.74, 6) is 0.190. The number of rotatable bonds is 4. The molecule has 0 saturated heterocycles. The lowest BCUT2D eigenvalue weighted by atomic mass is 10.0. The van der Waals surface area contributed by atoms with Crippen molar-refractivity contribution in [3.63, 3.8) is 0 Å². The van der Waals surface area contributed by atoms with E-state index >= 15 is 0 Å². The Kier molecular flexibility index (Phi) is 3.37. The van der Waals surface area contributed by atoms with E-state index in [1.165, 1.54) is 0 Å². The molecule has 0 N–H and O–H groups in total. The lowest BCUT2D eigenvalue weighted by Crippen LogP contribution is -1.98. The van der Waals surface area contributed by atoms with Crippen molar-refractivity contribution in [1.82, 2.24) is 14.5 Å². The highest BCUT2D eigenvalue weighted by molar-refractivity contribution is 6.16. The van der Waals surface area contributed by atoms with E-state index in [2.05, 4.69) is 0 Å². The van der Waals surface area contributed by atoms with Gasteiger partial charge in [0.2, 0.25) is 0 Å². The molecule has 3 aromatic heterocycles. The topological polar surface area (TPSA) is 43.9 Å². The monoisotopic (exact) mass is 629 g/mol. The molecule has 7 aromatic carbocycles. The maximum Gasteiger partial charge on any atom is 0.160 e. The van der Waals surface area contributed by atoms with E-state index in [4.69, 9.17) is 29.5 Å². The standard InChI is InChI=1S/C44H27N3O/c1-3-13-28(14-4-1)37-27-38(46-44(45-37)29-15-5-2-6-16-29)32-24-36-34-20-10-12-22-42(34)48-43(36)41(26-32)47-39-21-11-9-19-33(39)35-23-30-17-7-8-18-31(30)25-40(35)47/h1-27H/i7D,8D,9D,10D,11D,12D,17D,18D,19D,20D,21D,22D,23D,24D,25D,26D. The van der Waals surface area contributed by atoms with E-state index in [0.29, 0.717) is 16.8 Å². The van der Waals surface area contributed by atoms with Gasteiger partial charge >= 0.3 is 0 Å². The molecule has 0 unspecified atom stereocenters. The molecular weight excluding hydrogens is 587 g/mol. The fourth-order valence-corrected chi connectivity index (χ4v) is 5.98. The van der Waals surface area contributed by atoms with Crippen molar-refractivity contribution >= 4 is 54.5 Å². The van der Waals surface area contributed by atoms with Crippen LogP contribution in [0.3, 0.4) is 0 Å². The first-order valence-electron chi connectivity index (χ1n) is 22.9. The Labute approximate surface area is 298 Å². The molecule has 0 amide bonds. The summed E-state index contributed by atoms with van der Waals surface area (Å²) in [7, 11) is 0. The summed E-state index contributed by atoms with van der Waals surface area (Å²) in [6, 6.07) is 9.12. The third-order valence-electron chi connectivity index (χ3n) is 8.13. The predicted molar refractivity (Wildman–Crippen MR) is 197 cm³/mol. The van der Waals surface area contributed by atoms with Crippen molar-refractivity contribution in [2.45, 2.75) is 0 Å². The van der Waals surface area contributed by atoms with Crippen LogP contribution in [0.5, 0.6) is 0 Å². The number of nitrogens with zero attached hydrogens (tertiary/aromatic N) is 3. The van der Waals surface area contributed by atoms with Crippen molar-refractivity contribution in [3.05, 3.63) is 163 Å². The Morgan fingerprint density at radius 2 is 1.17 bits per heavy atom. The molecule has 10 aromatic rings. The number of hydrogen-bond acceptors (Lipinski definition) is 3. The molecule has 3 heterocycles. The van der Waals surface area contributed by atoms with Crippen molar-refractivity contribution < 1.29 is 26.3 Å². The van der Waals surface area contributed by atoms with Gasteiger partial charge in [-0.05, 0) is 53.1 Å². The van der Waals surface area contributed by atoms with Crippen LogP contribution in [0.25, 0.3) is 94.1 Å². The van der Waals surface area contributed by atoms with E-state index in [0.717, 1.165) is 4.57 Å². The fraction of sp³-hybridized carbons (Fsp3) is 0. The number of para-hydroxylation sites is 2. The molecule has 0 radical (unpaired) electrons. The van der Waals surface area contributed by atoms with Gasteiger partial charge in [-0.3, -0.25) is 0 Å². The van der Waals surface area contributed by atoms with Gasteiger partial charge in [0.1, 0.15) is 5.58 Å². The van der Waals surface area contributed by atoms with Crippen LogP contribution in [0.1, 0.15) is 21.9 Å². The van der Waals surface area contributed by atoms with Crippen LogP contribution < -0.4 is 0 Å². The van der Waals surface area contributed by atoms with E-state index in [9.17, 15) is 6.85 Å². The highest BCUT2D eigenvalue weighted by atomic mass is 16.3. The van der Waals surface area contributed by atoms with Crippen LogP contribution in [0, 0.1) is 0 Å². The second-order valence-corrected chi connectivity index (χ2v) is 11.0. The van der Waals surface area contributed by atoms with Crippen LogP contribution in [-0.4, -0.2) is 14.5 Å². The third kappa shape index (κ3) is 4.16. The smallest absolute Gasteiger partial charge is 0.160 e. The van der Waals surface area contributed by atoms with Gasteiger partial charge in [-0.1, -0.05) is 121 Å². The molecule has 0 aliphatic carbocycles. The van der Waals surface area contributed by atoms with Crippen molar-refractivity contribution in [1.29, 1.82) is 0 Å². The van der Waals surface area contributed by atoms with Crippen LogP contribution >= 0.6 is 0 Å². The van der Waals surface area contributed by atoms with Gasteiger partial charge in [-0.2, -0.15) is 0 Å². The molecule has 224 valence electrons. The first-order chi connectivity index (χ1) is 30.5. The van der Waals surface area contributed by atoms with Gasteiger partial charge in [0.25, 0.3) is 0 Å². The second-order valence-electron chi connectivity index (χ2n) is 11.0. The molecular formula is C44H27N3O.